The van der Waals surface area contributed by atoms with Gasteiger partial charge in [-0.05, 0) is 31.5 Å². The zero-order valence-corrected chi connectivity index (χ0v) is 11.1. The van der Waals surface area contributed by atoms with Crippen molar-refractivity contribution in [3.05, 3.63) is 29.8 Å². The standard InChI is InChI=1S/C13H15F2N3O2/c1-3-16-12-17-10(19)13(2,18-12)8-4-6-9(7-5-8)20-11(14)15/h4-7,11H,3H2,1-2H3,(H2,16,17,18,19). The zero-order chi connectivity index (χ0) is 14.8. The van der Waals surface area contributed by atoms with Crippen molar-refractivity contribution in [2.75, 3.05) is 6.54 Å². The van der Waals surface area contributed by atoms with E-state index in [4.69, 9.17) is 0 Å². The molecular weight excluding hydrogens is 268 g/mol. The molecule has 20 heavy (non-hydrogen) atoms. The van der Waals surface area contributed by atoms with E-state index >= 15 is 0 Å². The maximum Gasteiger partial charge on any atom is 0.387 e. The number of rotatable bonds is 4. The summed E-state index contributed by atoms with van der Waals surface area (Å²) in [5.41, 5.74) is -0.338. The van der Waals surface area contributed by atoms with E-state index in [1.54, 1.807) is 19.1 Å². The third kappa shape index (κ3) is 2.71. The molecule has 0 saturated carbocycles. The van der Waals surface area contributed by atoms with Gasteiger partial charge in [-0.15, -0.1) is 0 Å². The Bertz CT molecular complexity index is 531. The van der Waals surface area contributed by atoms with Gasteiger partial charge in [-0.25, -0.2) is 0 Å². The molecule has 2 N–H and O–H groups in total. The highest BCUT2D eigenvalue weighted by Gasteiger charge is 2.42. The van der Waals surface area contributed by atoms with Crippen LogP contribution in [0.4, 0.5) is 8.78 Å². The van der Waals surface area contributed by atoms with E-state index in [-0.39, 0.29) is 11.7 Å². The number of carbonyl (C=O) groups is 1. The van der Waals surface area contributed by atoms with Crippen LogP contribution < -0.4 is 15.4 Å². The number of nitrogens with one attached hydrogen (secondary N) is 2. The average molecular weight is 283 g/mol. The highest BCUT2D eigenvalue weighted by Crippen LogP contribution is 2.26. The van der Waals surface area contributed by atoms with Crippen LogP contribution in [0.3, 0.4) is 0 Å². The van der Waals surface area contributed by atoms with Gasteiger partial charge in [0.15, 0.2) is 5.96 Å². The van der Waals surface area contributed by atoms with Crippen LogP contribution in [-0.4, -0.2) is 25.0 Å². The van der Waals surface area contributed by atoms with Crippen LogP contribution >= 0.6 is 0 Å². The third-order valence-electron chi connectivity index (χ3n) is 3.03. The molecule has 0 bridgehead atoms. The molecule has 1 heterocycles. The molecular formula is C13H15F2N3O2. The molecule has 0 aromatic heterocycles. The third-order valence-corrected chi connectivity index (χ3v) is 3.03. The summed E-state index contributed by atoms with van der Waals surface area (Å²) in [5.74, 6) is 0.216. The second-order valence-corrected chi connectivity index (χ2v) is 4.43. The molecule has 1 fully saturated rings. The number of hydrogen-bond donors (Lipinski definition) is 2. The molecule has 1 unspecified atom stereocenters. The number of amides is 1. The lowest BCUT2D eigenvalue weighted by Crippen LogP contribution is -2.40. The highest BCUT2D eigenvalue weighted by atomic mass is 19.3. The highest BCUT2D eigenvalue weighted by molar-refractivity contribution is 6.09. The summed E-state index contributed by atoms with van der Waals surface area (Å²) >= 11 is 0. The number of carbonyl (C=O) groups excluding carboxylic acids is 1. The normalized spacial score (nSPS) is 23.9. The quantitative estimate of drug-likeness (QED) is 0.882. The molecule has 0 spiro atoms. The minimum Gasteiger partial charge on any atom is -0.435 e. The Morgan fingerprint density at radius 2 is 2.00 bits per heavy atom. The van der Waals surface area contributed by atoms with Crippen molar-refractivity contribution in [1.29, 1.82) is 0 Å². The summed E-state index contributed by atoms with van der Waals surface area (Å²) in [5, 5.41) is 5.63. The molecule has 7 heteroatoms. The minimum atomic E-state index is -2.87. The molecule has 1 atom stereocenters. The van der Waals surface area contributed by atoms with Crippen LogP contribution in [0.15, 0.2) is 29.3 Å². The number of benzene rings is 1. The van der Waals surface area contributed by atoms with Gasteiger partial charge >= 0.3 is 6.61 Å². The summed E-state index contributed by atoms with van der Waals surface area (Å²) in [7, 11) is 0. The largest absolute Gasteiger partial charge is 0.435 e. The Kier molecular flexibility index (Phi) is 3.87. The first kappa shape index (κ1) is 14.2. The maximum atomic E-state index is 12.1. The van der Waals surface area contributed by atoms with Crippen LogP contribution in [0.1, 0.15) is 19.4 Å². The van der Waals surface area contributed by atoms with Crippen molar-refractivity contribution in [3.63, 3.8) is 0 Å². The Labute approximate surface area is 115 Å². The number of nitrogens with zero attached hydrogens (tertiary/aromatic N) is 1. The molecule has 0 radical (unpaired) electrons. The number of halogens is 2. The van der Waals surface area contributed by atoms with E-state index in [0.717, 1.165) is 0 Å². The molecule has 1 amide bonds. The van der Waals surface area contributed by atoms with E-state index in [1.807, 2.05) is 6.92 Å². The van der Waals surface area contributed by atoms with Gasteiger partial charge in [0.05, 0.1) is 0 Å². The number of alkyl halides is 2. The molecule has 1 aliphatic rings. The number of ether oxygens (including phenoxy) is 1. The molecule has 1 aliphatic heterocycles. The first-order chi connectivity index (χ1) is 9.45. The first-order valence-corrected chi connectivity index (χ1v) is 6.15. The zero-order valence-electron chi connectivity index (χ0n) is 11.1. The van der Waals surface area contributed by atoms with E-state index in [2.05, 4.69) is 20.4 Å². The minimum absolute atomic E-state index is 0.0493. The lowest BCUT2D eigenvalue weighted by molar-refractivity contribution is -0.123. The van der Waals surface area contributed by atoms with Gasteiger partial charge in [0.1, 0.15) is 11.3 Å². The first-order valence-electron chi connectivity index (χ1n) is 6.15. The van der Waals surface area contributed by atoms with Crippen molar-refractivity contribution >= 4 is 11.9 Å². The molecule has 108 valence electrons. The van der Waals surface area contributed by atoms with Gasteiger partial charge in [0, 0.05) is 6.54 Å². The monoisotopic (exact) mass is 283 g/mol. The number of aliphatic imine (C=N–C) groups is 1. The van der Waals surface area contributed by atoms with Crippen LogP contribution in [0, 0.1) is 0 Å². The van der Waals surface area contributed by atoms with Gasteiger partial charge in [-0.1, -0.05) is 12.1 Å². The number of guanidine groups is 1. The average Bonchev–Trinajstić information content (AvgIpc) is 2.66. The summed E-state index contributed by atoms with van der Waals surface area (Å²) in [4.78, 5) is 16.1. The predicted octanol–water partition coefficient (Wildman–Crippen LogP) is 1.60. The summed E-state index contributed by atoms with van der Waals surface area (Å²) in [6, 6.07) is 5.94. The second-order valence-electron chi connectivity index (χ2n) is 4.43. The fraction of sp³-hybridized carbons (Fsp3) is 0.385. The van der Waals surface area contributed by atoms with Crippen molar-refractivity contribution in [3.8, 4) is 5.75 Å². The molecule has 5 nitrogen and oxygen atoms in total. The molecule has 1 saturated heterocycles. The Balaban J connectivity index is 2.22. The maximum absolute atomic E-state index is 12.1. The lowest BCUT2D eigenvalue weighted by Gasteiger charge is -2.21. The topological polar surface area (TPSA) is 62.7 Å². The van der Waals surface area contributed by atoms with Crippen molar-refractivity contribution < 1.29 is 18.3 Å². The molecule has 1 aromatic rings. The lowest BCUT2D eigenvalue weighted by atomic mass is 9.92. The Morgan fingerprint density at radius 1 is 1.35 bits per heavy atom. The SMILES string of the molecule is CCN=C1NC(=O)C(C)(c2ccc(OC(F)F)cc2)N1. The van der Waals surface area contributed by atoms with E-state index < -0.39 is 12.2 Å². The summed E-state index contributed by atoms with van der Waals surface area (Å²) in [6.45, 7) is 1.23. The van der Waals surface area contributed by atoms with E-state index in [1.165, 1.54) is 12.1 Å². The Hall–Kier alpha value is -2.18. The van der Waals surface area contributed by atoms with Crippen molar-refractivity contribution in [2.45, 2.75) is 26.0 Å². The fourth-order valence-electron chi connectivity index (χ4n) is 1.97. The van der Waals surface area contributed by atoms with Crippen molar-refractivity contribution in [2.24, 2.45) is 4.99 Å². The van der Waals surface area contributed by atoms with Gasteiger partial charge in [0.2, 0.25) is 0 Å². The van der Waals surface area contributed by atoms with E-state index in [0.29, 0.717) is 18.1 Å². The van der Waals surface area contributed by atoms with Gasteiger partial charge in [-0.3, -0.25) is 15.1 Å². The molecule has 0 aliphatic carbocycles. The van der Waals surface area contributed by atoms with E-state index in [9.17, 15) is 13.6 Å². The second kappa shape index (κ2) is 5.44. The smallest absolute Gasteiger partial charge is 0.387 e. The summed E-state index contributed by atoms with van der Waals surface area (Å²) in [6.07, 6.45) is 0. The molecule has 2 rings (SSSR count). The predicted molar refractivity (Wildman–Crippen MR) is 69.7 cm³/mol. The summed E-state index contributed by atoms with van der Waals surface area (Å²) < 4.78 is 28.4. The van der Waals surface area contributed by atoms with Crippen LogP contribution in [0.2, 0.25) is 0 Å². The Morgan fingerprint density at radius 3 is 2.55 bits per heavy atom. The van der Waals surface area contributed by atoms with Gasteiger partial charge in [-0.2, -0.15) is 8.78 Å². The van der Waals surface area contributed by atoms with Crippen LogP contribution in [0.5, 0.6) is 5.75 Å². The number of hydrogen-bond acceptors (Lipinski definition) is 3. The van der Waals surface area contributed by atoms with Gasteiger partial charge < -0.3 is 10.1 Å². The van der Waals surface area contributed by atoms with Crippen LogP contribution in [-0.2, 0) is 10.3 Å². The fourth-order valence-corrected chi connectivity index (χ4v) is 1.97. The van der Waals surface area contributed by atoms with Crippen LogP contribution in [0.25, 0.3) is 0 Å². The van der Waals surface area contributed by atoms with Gasteiger partial charge in [0.25, 0.3) is 5.91 Å². The van der Waals surface area contributed by atoms with Crippen molar-refractivity contribution in [1.82, 2.24) is 10.6 Å². The molecule has 1 aromatic carbocycles.